The summed E-state index contributed by atoms with van der Waals surface area (Å²) in [5.41, 5.74) is 2.62. The molecule has 0 heterocycles. The second-order valence-electron chi connectivity index (χ2n) is 5.53. The van der Waals surface area contributed by atoms with E-state index in [0.29, 0.717) is 24.5 Å². The Balaban J connectivity index is 2.11. The molecule has 0 amide bonds. The van der Waals surface area contributed by atoms with Gasteiger partial charge in [-0.1, -0.05) is 54.6 Å². The Morgan fingerprint density at radius 2 is 1.79 bits per heavy atom. The first kappa shape index (κ1) is 18.4. The molecule has 0 aliphatic heterocycles. The van der Waals surface area contributed by atoms with Crippen LogP contribution in [0, 0.1) is 6.92 Å². The smallest absolute Gasteiger partial charge is 0.346 e. The van der Waals surface area contributed by atoms with E-state index in [9.17, 15) is 14.4 Å². The Morgan fingerprint density at radius 1 is 1.17 bits per heavy atom. The fourth-order valence-electron chi connectivity index (χ4n) is 2.25. The molecule has 1 atom stereocenters. The molecule has 128 valence electrons. The highest BCUT2D eigenvalue weighted by Crippen LogP contribution is 2.50. The van der Waals surface area contributed by atoms with Gasteiger partial charge in [0.2, 0.25) is 0 Å². The first-order valence-corrected chi connectivity index (χ1v) is 9.26. The molecular formula is C18H22NO4P. The lowest BCUT2D eigenvalue weighted by Crippen LogP contribution is -2.21. The lowest BCUT2D eigenvalue weighted by molar-refractivity contribution is 0.346. The maximum absolute atomic E-state index is 11.9. The summed E-state index contributed by atoms with van der Waals surface area (Å²) in [6, 6.07) is 14.5. The van der Waals surface area contributed by atoms with Crippen molar-refractivity contribution in [2.75, 3.05) is 6.61 Å². The van der Waals surface area contributed by atoms with Gasteiger partial charge in [-0.25, -0.2) is 0 Å². The van der Waals surface area contributed by atoms with Gasteiger partial charge >= 0.3 is 7.60 Å². The summed E-state index contributed by atoms with van der Waals surface area (Å²) >= 11 is 0. The van der Waals surface area contributed by atoms with Crippen molar-refractivity contribution in [3.8, 4) is 5.75 Å². The van der Waals surface area contributed by atoms with Crippen LogP contribution in [0.25, 0.3) is 0 Å². The summed E-state index contributed by atoms with van der Waals surface area (Å²) in [5.74, 6) is -0.436. The van der Waals surface area contributed by atoms with Crippen molar-refractivity contribution in [3.05, 3.63) is 77.9 Å². The van der Waals surface area contributed by atoms with Gasteiger partial charge in [-0.15, -0.1) is 0 Å². The van der Waals surface area contributed by atoms with E-state index in [2.05, 4.69) is 11.9 Å². The molecule has 0 aromatic heterocycles. The fourth-order valence-corrected chi connectivity index (χ4v) is 3.14. The van der Waals surface area contributed by atoms with E-state index in [0.717, 1.165) is 11.1 Å². The van der Waals surface area contributed by atoms with Crippen molar-refractivity contribution in [1.29, 1.82) is 0 Å². The molecule has 5 nitrogen and oxygen atoms in total. The van der Waals surface area contributed by atoms with Gasteiger partial charge in [0.1, 0.15) is 18.1 Å². The minimum atomic E-state index is -4.35. The van der Waals surface area contributed by atoms with Crippen LogP contribution in [-0.4, -0.2) is 16.4 Å². The second-order valence-corrected chi connectivity index (χ2v) is 7.22. The molecule has 2 aromatic carbocycles. The van der Waals surface area contributed by atoms with Crippen molar-refractivity contribution in [1.82, 2.24) is 5.32 Å². The number of benzene rings is 2. The third-order valence-corrected chi connectivity index (χ3v) is 4.67. The van der Waals surface area contributed by atoms with Gasteiger partial charge in [0, 0.05) is 6.54 Å². The zero-order valence-corrected chi connectivity index (χ0v) is 14.4. The minimum Gasteiger partial charge on any atom is -0.490 e. The SMILES string of the molecule is C=CCOc1ccc([C@H](NCc2ccc(C)cc2)P(=O)(O)O)cc1. The Labute approximate surface area is 142 Å². The third-order valence-electron chi connectivity index (χ3n) is 3.52. The number of ether oxygens (including phenoxy) is 1. The number of hydrogen-bond acceptors (Lipinski definition) is 3. The van der Waals surface area contributed by atoms with Crippen LogP contribution in [-0.2, 0) is 11.1 Å². The highest BCUT2D eigenvalue weighted by molar-refractivity contribution is 7.52. The number of rotatable bonds is 8. The van der Waals surface area contributed by atoms with Gasteiger partial charge in [-0.3, -0.25) is 9.88 Å². The maximum atomic E-state index is 11.9. The van der Waals surface area contributed by atoms with Crippen LogP contribution >= 0.6 is 7.60 Å². The van der Waals surface area contributed by atoms with Crippen LogP contribution in [0.15, 0.2) is 61.2 Å². The molecule has 3 N–H and O–H groups in total. The number of hydrogen-bond donors (Lipinski definition) is 3. The molecule has 0 bridgehead atoms. The average Bonchev–Trinajstić information content (AvgIpc) is 2.55. The van der Waals surface area contributed by atoms with E-state index in [4.69, 9.17) is 4.74 Å². The van der Waals surface area contributed by atoms with Crippen LogP contribution < -0.4 is 10.1 Å². The second kappa shape index (κ2) is 8.27. The van der Waals surface area contributed by atoms with E-state index in [-0.39, 0.29) is 0 Å². The van der Waals surface area contributed by atoms with Crippen LogP contribution in [0.2, 0.25) is 0 Å². The fraction of sp³-hybridized carbons (Fsp3) is 0.222. The van der Waals surface area contributed by atoms with Gasteiger partial charge in [0.15, 0.2) is 0 Å². The van der Waals surface area contributed by atoms with E-state index in [1.807, 2.05) is 31.2 Å². The van der Waals surface area contributed by atoms with Crippen molar-refractivity contribution in [2.24, 2.45) is 0 Å². The van der Waals surface area contributed by atoms with Crippen LogP contribution in [0.1, 0.15) is 22.5 Å². The monoisotopic (exact) mass is 347 g/mol. The van der Waals surface area contributed by atoms with Crippen LogP contribution in [0.5, 0.6) is 5.75 Å². The molecule has 2 aromatic rings. The van der Waals surface area contributed by atoms with E-state index in [1.54, 1.807) is 30.3 Å². The highest BCUT2D eigenvalue weighted by atomic mass is 31.2. The molecule has 2 rings (SSSR count). The Morgan fingerprint density at radius 3 is 2.33 bits per heavy atom. The molecule has 0 aliphatic carbocycles. The van der Waals surface area contributed by atoms with E-state index >= 15 is 0 Å². The number of aryl methyl sites for hydroxylation is 1. The van der Waals surface area contributed by atoms with Gasteiger partial charge in [0.05, 0.1) is 0 Å². The van der Waals surface area contributed by atoms with Gasteiger partial charge in [0.25, 0.3) is 0 Å². The Hall–Kier alpha value is -1.91. The molecule has 0 saturated heterocycles. The normalized spacial score (nSPS) is 12.6. The molecule has 6 heteroatoms. The molecule has 0 aliphatic rings. The lowest BCUT2D eigenvalue weighted by atomic mass is 10.1. The molecule has 24 heavy (non-hydrogen) atoms. The van der Waals surface area contributed by atoms with Crippen molar-refractivity contribution < 1.29 is 19.1 Å². The standard InChI is InChI=1S/C18H22NO4P/c1-3-12-23-17-10-8-16(9-11-17)18(24(20,21)22)19-13-15-6-4-14(2)5-7-15/h3-11,18-19H,1,12-13H2,2H3,(H2,20,21,22)/t18-/m1/s1. The van der Waals surface area contributed by atoms with Gasteiger partial charge in [-0.05, 0) is 30.2 Å². The summed E-state index contributed by atoms with van der Waals surface area (Å²) < 4.78 is 17.2. The quantitative estimate of drug-likeness (QED) is 0.503. The van der Waals surface area contributed by atoms with E-state index in [1.165, 1.54) is 0 Å². The third kappa shape index (κ3) is 5.32. The van der Waals surface area contributed by atoms with Gasteiger partial charge < -0.3 is 14.5 Å². The zero-order chi connectivity index (χ0) is 17.6. The van der Waals surface area contributed by atoms with Crippen molar-refractivity contribution in [3.63, 3.8) is 0 Å². The summed E-state index contributed by atoms with van der Waals surface area (Å²) in [7, 11) is -4.35. The minimum absolute atomic E-state index is 0.366. The number of nitrogens with one attached hydrogen (secondary N) is 1. The van der Waals surface area contributed by atoms with Gasteiger partial charge in [-0.2, -0.15) is 0 Å². The molecule has 0 fully saturated rings. The summed E-state index contributed by atoms with van der Waals surface area (Å²) in [6.07, 6.45) is 1.63. The summed E-state index contributed by atoms with van der Waals surface area (Å²) in [4.78, 5) is 19.3. The molecule has 0 saturated carbocycles. The molecule has 0 radical (unpaired) electrons. The Bertz CT molecular complexity index is 707. The van der Waals surface area contributed by atoms with Crippen LogP contribution in [0.3, 0.4) is 0 Å². The zero-order valence-electron chi connectivity index (χ0n) is 13.6. The van der Waals surface area contributed by atoms with Crippen LogP contribution in [0.4, 0.5) is 0 Å². The first-order valence-electron chi connectivity index (χ1n) is 7.58. The molecular weight excluding hydrogens is 325 g/mol. The topological polar surface area (TPSA) is 78.8 Å². The predicted molar refractivity (Wildman–Crippen MR) is 94.9 cm³/mol. The predicted octanol–water partition coefficient (Wildman–Crippen LogP) is 3.53. The molecule has 0 unspecified atom stereocenters. The van der Waals surface area contributed by atoms with E-state index < -0.39 is 13.4 Å². The maximum Gasteiger partial charge on any atom is 0.346 e. The van der Waals surface area contributed by atoms with Crippen molar-refractivity contribution in [2.45, 2.75) is 19.3 Å². The average molecular weight is 347 g/mol. The highest BCUT2D eigenvalue weighted by Gasteiger charge is 2.29. The first-order chi connectivity index (χ1) is 11.4. The summed E-state index contributed by atoms with van der Waals surface area (Å²) in [5, 5.41) is 2.95. The Kier molecular flexibility index (Phi) is 6.35. The molecule has 0 spiro atoms. The summed E-state index contributed by atoms with van der Waals surface area (Å²) in [6.45, 7) is 6.31. The largest absolute Gasteiger partial charge is 0.490 e. The van der Waals surface area contributed by atoms with Crippen molar-refractivity contribution >= 4 is 7.60 Å². The lowest BCUT2D eigenvalue weighted by Gasteiger charge is -2.21.